The van der Waals surface area contributed by atoms with E-state index in [4.69, 9.17) is 21.9 Å². The van der Waals surface area contributed by atoms with Crippen molar-refractivity contribution in [2.75, 3.05) is 0 Å². The lowest BCUT2D eigenvalue weighted by molar-refractivity contribution is 0.367. The minimum atomic E-state index is -0.554. The van der Waals surface area contributed by atoms with Gasteiger partial charge in [0.05, 0.1) is 0 Å². The van der Waals surface area contributed by atoms with Crippen LogP contribution in [0.3, 0.4) is 0 Å². The van der Waals surface area contributed by atoms with Crippen LogP contribution in [0.25, 0.3) is 11.4 Å². The van der Waals surface area contributed by atoms with Crippen molar-refractivity contribution in [1.82, 2.24) is 15.1 Å². The Morgan fingerprint density at radius 1 is 1.15 bits per heavy atom. The molecule has 3 rings (SSSR count). The quantitative estimate of drug-likeness (QED) is 0.801. The van der Waals surface area contributed by atoms with Crippen molar-refractivity contribution >= 4 is 11.6 Å². The highest BCUT2D eigenvalue weighted by atomic mass is 35.5. The smallest absolute Gasteiger partial charge is 0.248 e. The lowest BCUT2D eigenvalue weighted by atomic mass is 10.1. The summed E-state index contributed by atoms with van der Waals surface area (Å²) < 4.78 is 5.22. The van der Waals surface area contributed by atoms with Crippen LogP contribution in [0, 0.1) is 0 Å². The fraction of sp³-hybridized carbons (Fsp3) is 0.0714. The molecule has 5 nitrogen and oxygen atoms in total. The van der Waals surface area contributed by atoms with Crippen LogP contribution >= 0.6 is 11.6 Å². The Hall–Kier alpha value is -2.24. The summed E-state index contributed by atoms with van der Waals surface area (Å²) in [6.45, 7) is 0. The zero-order valence-electron chi connectivity index (χ0n) is 10.4. The highest BCUT2D eigenvalue weighted by molar-refractivity contribution is 6.31. The molecule has 0 saturated heterocycles. The summed E-state index contributed by atoms with van der Waals surface area (Å²) in [6.07, 6.45) is 3.34. The molecular weight excluding hydrogens is 276 g/mol. The van der Waals surface area contributed by atoms with E-state index >= 15 is 0 Å². The molecule has 6 heteroatoms. The predicted octanol–water partition coefficient (Wildman–Crippen LogP) is 2.83. The summed E-state index contributed by atoms with van der Waals surface area (Å²) in [6, 6.07) is 10.4. The number of benzene rings is 1. The van der Waals surface area contributed by atoms with E-state index in [1.807, 2.05) is 24.3 Å². The first kappa shape index (κ1) is 12.8. The van der Waals surface area contributed by atoms with E-state index in [-0.39, 0.29) is 0 Å². The molecule has 0 saturated carbocycles. The molecule has 0 bridgehead atoms. The summed E-state index contributed by atoms with van der Waals surface area (Å²) in [4.78, 5) is 8.31. The summed E-state index contributed by atoms with van der Waals surface area (Å²) >= 11 is 6.11. The largest absolute Gasteiger partial charge is 0.337 e. The van der Waals surface area contributed by atoms with Gasteiger partial charge in [-0.05, 0) is 23.8 Å². The topological polar surface area (TPSA) is 77.8 Å². The molecule has 2 heterocycles. The van der Waals surface area contributed by atoms with E-state index in [2.05, 4.69) is 15.1 Å². The Balaban J connectivity index is 1.93. The number of nitrogens with zero attached hydrogens (tertiary/aromatic N) is 3. The van der Waals surface area contributed by atoms with Crippen LogP contribution < -0.4 is 5.73 Å². The SMILES string of the molecule is N[C@@H](c1nc(-c2cccnc2)no1)c1ccccc1Cl. The zero-order valence-corrected chi connectivity index (χ0v) is 11.2. The average Bonchev–Trinajstić information content (AvgIpc) is 2.98. The van der Waals surface area contributed by atoms with Crippen LogP contribution in [-0.4, -0.2) is 15.1 Å². The molecule has 3 aromatic rings. The molecular formula is C14H11ClN4O. The van der Waals surface area contributed by atoms with Crippen LogP contribution in [0.1, 0.15) is 17.5 Å². The first-order valence-corrected chi connectivity index (χ1v) is 6.37. The average molecular weight is 287 g/mol. The fourth-order valence-corrected chi connectivity index (χ4v) is 2.09. The molecule has 0 aliphatic heterocycles. The van der Waals surface area contributed by atoms with Gasteiger partial charge in [-0.25, -0.2) is 0 Å². The molecule has 0 spiro atoms. The van der Waals surface area contributed by atoms with Gasteiger partial charge < -0.3 is 10.3 Å². The van der Waals surface area contributed by atoms with E-state index in [1.165, 1.54) is 0 Å². The Labute approximate surface area is 120 Å². The number of hydrogen-bond acceptors (Lipinski definition) is 5. The number of aromatic nitrogens is 3. The summed E-state index contributed by atoms with van der Waals surface area (Å²) in [7, 11) is 0. The molecule has 0 fully saturated rings. The Morgan fingerprint density at radius 2 is 2.00 bits per heavy atom. The summed E-state index contributed by atoms with van der Waals surface area (Å²) in [5, 5.41) is 4.48. The van der Waals surface area contributed by atoms with E-state index in [0.29, 0.717) is 16.7 Å². The molecule has 20 heavy (non-hydrogen) atoms. The molecule has 0 radical (unpaired) electrons. The molecule has 0 aliphatic carbocycles. The molecule has 100 valence electrons. The van der Waals surface area contributed by atoms with E-state index < -0.39 is 6.04 Å². The second kappa shape index (κ2) is 5.40. The maximum Gasteiger partial charge on any atom is 0.248 e. The van der Waals surface area contributed by atoms with Crippen LogP contribution in [-0.2, 0) is 0 Å². The van der Waals surface area contributed by atoms with Gasteiger partial charge in [0, 0.05) is 23.0 Å². The minimum Gasteiger partial charge on any atom is -0.337 e. The van der Waals surface area contributed by atoms with Crippen molar-refractivity contribution in [3.63, 3.8) is 0 Å². The van der Waals surface area contributed by atoms with Gasteiger partial charge in [-0.1, -0.05) is 35.0 Å². The monoisotopic (exact) mass is 286 g/mol. The number of halogens is 1. The third-order valence-electron chi connectivity index (χ3n) is 2.87. The maximum absolute atomic E-state index is 6.11. The van der Waals surface area contributed by atoms with E-state index in [0.717, 1.165) is 11.1 Å². The molecule has 0 aliphatic rings. The Bertz CT molecular complexity index is 714. The van der Waals surface area contributed by atoms with Gasteiger partial charge >= 0.3 is 0 Å². The zero-order chi connectivity index (χ0) is 13.9. The first-order valence-electron chi connectivity index (χ1n) is 5.99. The Morgan fingerprint density at radius 3 is 2.75 bits per heavy atom. The van der Waals surface area contributed by atoms with Gasteiger partial charge in [0.2, 0.25) is 11.7 Å². The van der Waals surface area contributed by atoms with Gasteiger partial charge in [-0.2, -0.15) is 4.98 Å². The van der Waals surface area contributed by atoms with E-state index in [1.54, 1.807) is 24.5 Å². The maximum atomic E-state index is 6.11. The van der Waals surface area contributed by atoms with E-state index in [9.17, 15) is 0 Å². The van der Waals surface area contributed by atoms with Gasteiger partial charge in [-0.15, -0.1) is 0 Å². The second-order valence-corrected chi connectivity index (χ2v) is 4.60. The van der Waals surface area contributed by atoms with Crippen molar-refractivity contribution in [3.05, 3.63) is 65.3 Å². The van der Waals surface area contributed by atoms with Crippen molar-refractivity contribution in [2.45, 2.75) is 6.04 Å². The second-order valence-electron chi connectivity index (χ2n) is 4.20. The lowest BCUT2D eigenvalue weighted by Crippen LogP contribution is -2.12. The third-order valence-corrected chi connectivity index (χ3v) is 3.21. The molecule has 2 N–H and O–H groups in total. The molecule has 1 aromatic carbocycles. The fourth-order valence-electron chi connectivity index (χ4n) is 1.83. The van der Waals surface area contributed by atoms with Crippen LogP contribution in [0.2, 0.25) is 5.02 Å². The van der Waals surface area contributed by atoms with Gasteiger partial charge in [0.25, 0.3) is 0 Å². The summed E-state index contributed by atoms with van der Waals surface area (Å²) in [5.74, 6) is 0.771. The van der Waals surface area contributed by atoms with Crippen LogP contribution in [0.4, 0.5) is 0 Å². The molecule has 0 unspecified atom stereocenters. The lowest BCUT2D eigenvalue weighted by Gasteiger charge is -2.08. The van der Waals surface area contributed by atoms with Crippen molar-refractivity contribution < 1.29 is 4.52 Å². The molecule has 2 aromatic heterocycles. The van der Waals surface area contributed by atoms with Crippen LogP contribution in [0.15, 0.2) is 53.3 Å². The normalized spacial score (nSPS) is 12.3. The van der Waals surface area contributed by atoms with Crippen molar-refractivity contribution in [1.29, 1.82) is 0 Å². The first-order chi connectivity index (χ1) is 9.75. The molecule has 0 amide bonds. The van der Waals surface area contributed by atoms with Gasteiger partial charge in [0.15, 0.2) is 0 Å². The number of hydrogen-bond donors (Lipinski definition) is 1. The minimum absolute atomic E-state index is 0.317. The number of rotatable bonds is 3. The number of pyridine rings is 1. The Kier molecular flexibility index (Phi) is 3.45. The third kappa shape index (κ3) is 2.41. The van der Waals surface area contributed by atoms with Gasteiger partial charge in [0.1, 0.15) is 6.04 Å². The predicted molar refractivity (Wildman–Crippen MR) is 75.0 cm³/mol. The highest BCUT2D eigenvalue weighted by Gasteiger charge is 2.19. The highest BCUT2D eigenvalue weighted by Crippen LogP contribution is 2.26. The van der Waals surface area contributed by atoms with Crippen LogP contribution in [0.5, 0.6) is 0 Å². The van der Waals surface area contributed by atoms with Crippen molar-refractivity contribution in [3.8, 4) is 11.4 Å². The standard InChI is InChI=1S/C14H11ClN4O/c15-11-6-2-1-5-10(11)12(16)14-18-13(19-20-14)9-4-3-7-17-8-9/h1-8,12H,16H2/t12-/m1/s1. The number of nitrogens with two attached hydrogens (primary N) is 1. The van der Waals surface area contributed by atoms with Crippen molar-refractivity contribution in [2.24, 2.45) is 5.73 Å². The summed E-state index contributed by atoms with van der Waals surface area (Å²) in [5.41, 5.74) is 7.63. The molecule has 1 atom stereocenters. The van der Waals surface area contributed by atoms with Gasteiger partial charge in [-0.3, -0.25) is 4.98 Å².